The van der Waals surface area contributed by atoms with Gasteiger partial charge in [0.05, 0.1) is 11.4 Å². The molecule has 5 N–H and O–H groups in total. The highest BCUT2D eigenvalue weighted by Gasteiger charge is 2.16. The standard InChI is InChI=1S/C14H16N4O/c15-10-5-1-2-6-11(10)18-14(19)12-8-9-4-3-7-16-13(9)17-12/h1-2,5-6,8,16-17H,3-4,7,15H2,(H,18,19). The van der Waals surface area contributed by atoms with E-state index >= 15 is 0 Å². The summed E-state index contributed by atoms with van der Waals surface area (Å²) in [6.07, 6.45) is 2.09. The van der Waals surface area contributed by atoms with Crippen molar-refractivity contribution in [3.8, 4) is 0 Å². The summed E-state index contributed by atoms with van der Waals surface area (Å²) in [5, 5.41) is 6.07. The molecule has 1 aromatic heterocycles. The maximum Gasteiger partial charge on any atom is 0.272 e. The van der Waals surface area contributed by atoms with E-state index in [2.05, 4.69) is 15.6 Å². The molecule has 0 saturated heterocycles. The number of aromatic nitrogens is 1. The van der Waals surface area contributed by atoms with Gasteiger partial charge in [0.1, 0.15) is 11.5 Å². The highest BCUT2D eigenvalue weighted by Crippen LogP contribution is 2.23. The largest absolute Gasteiger partial charge is 0.397 e. The van der Waals surface area contributed by atoms with Crippen LogP contribution in [0.3, 0.4) is 0 Å². The first kappa shape index (κ1) is 11.6. The minimum absolute atomic E-state index is 0.172. The van der Waals surface area contributed by atoms with E-state index in [1.807, 2.05) is 18.2 Å². The summed E-state index contributed by atoms with van der Waals surface area (Å²) in [7, 11) is 0. The molecule has 0 aliphatic carbocycles. The van der Waals surface area contributed by atoms with Crippen LogP contribution in [0.15, 0.2) is 30.3 Å². The lowest BCUT2D eigenvalue weighted by Gasteiger charge is -2.12. The number of fused-ring (bicyclic) bond motifs is 1. The van der Waals surface area contributed by atoms with E-state index in [0.717, 1.165) is 30.8 Å². The second-order valence-electron chi connectivity index (χ2n) is 4.65. The Kier molecular flexibility index (Phi) is 2.87. The molecular formula is C14H16N4O. The average Bonchev–Trinajstić information content (AvgIpc) is 2.85. The normalized spacial score (nSPS) is 13.5. The first-order chi connectivity index (χ1) is 9.24. The van der Waals surface area contributed by atoms with E-state index in [9.17, 15) is 4.79 Å². The summed E-state index contributed by atoms with van der Waals surface area (Å²) in [6.45, 7) is 0.945. The van der Waals surface area contributed by atoms with Crippen molar-refractivity contribution < 1.29 is 4.79 Å². The number of para-hydroxylation sites is 2. The van der Waals surface area contributed by atoms with Gasteiger partial charge in [-0.25, -0.2) is 0 Å². The van der Waals surface area contributed by atoms with Crippen LogP contribution in [0, 0.1) is 0 Å². The summed E-state index contributed by atoms with van der Waals surface area (Å²) >= 11 is 0. The molecule has 1 aliphatic rings. The number of carbonyl (C=O) groups excluding carboxylic acids is 1. The number of aromatic amines is 1. The third-order valence-electron chi connectivity index (χ3n) is 3.28. The zero-order valence-electron chi connectivity index (χ0n) is 10.5. The Morgan fingerprint density at radius 3 is 2.95 bits per heavy atom. The van der Waals surface area contributed by atoms with Gasteiger partial charge in [-0.3, -0.25) is 4.79 Å². The van der Waals surface area contributed by atoms with Gasteiger partial charge < -0.3 is 21.4 Å². The molecule has 0 unspecified atom stereocenters. The van der Waals surface area contributed by atoms with Gasteiger partial charge in [-0.15, -0.1) is 0 Å². The van der Waals surface area contributed by atoms with E-state index in [1.165, 1.54) is 0 Å². The third-order valence-corrected chi connectivity index (χ3v) is 3.28. The lowest BCUT2D eigenvalue weighted by atomic mass is 10.1. The van der Waals surface area contributed by atoms with Crippen LogP contribution >= 0.6 is 0 Å². The SMILES string of the molecule is Nc1ccccc1NC(=O)c1cc2c([nH]1)NCCC2. The zero-order chi connectivity index (χ0) is 13.2. The number of anilines is 3. The highest BCUT2D eigenvalue weighted by atomic mass is 16.1. The molecule has 0 fully saturated rings. The van der Waals surface area contributed by atoms with E-state index in [0.29, 0.717) is 17.1 Å². The van der Waals surface area contributed by atoms with Crippen molar-refractivity contribution in [2.75, 3.05) is 22.9 Å². The zero-order valence-corrected chi connectivity index (χ0v) is 10.5. The number of nitrogens with one attached hydrogen (secondary N) is 3. The number of hydrogen-bond donors (Lipinski definition) is 4. The van der Waals surface area contributed by atoms with Crippen molar-refractivity contribution >= 4 is 23.1 Å². The molecular weight excluding hydrogens is 240 g/mol. The molecule has 2 aromatic rings. The molecule has 3 rings (SSSR count). The fourth-order valence-electron chi connectivity index (χ4n) is 2.27. The summed E-state index contributed by atoms with van der Waals surface area (Å²) in [5.74, 6) is 0.784. The Labute approximate surface area is 111 Å². The van der Waals surface area contributed by atoms with E-state index in [4.69, 9.17) is 5.73 Å². The van der Waals surface area contributed by atoms with Gasteiger partial charge >= 0.3 is 0 Å². The predicted molar refractivity (Wildman–Crippen MR) is 76.4 cm³/mol. The number of nitrogens with two attached hydrogens (primary N) is 1. The quantitative estimate of drug-likeness (QED) is 0.622. The first-order valence-electron chi connectivity index (χ1n) is 6.35. The maximum atomic E-state index is 12.2. The number of rotatable bonds is 2. The molecule has 5 heteroatoms. The van der Waals surface area contributed by atoms with Gasteiger partial charge in [0, 0.05) is 6.54 Å². The third kappa shape index (κ3) is 2.27. The molecule has 0 saturated carbocycles. The van der Waals surface area contributed by atoms with Crippen LogP contribution in [0.1, 0.15) is 22.5 Å². The second-order valence-corrected chi connectivity index (χ2v) is 4.65. The van der Waals surface area contributed by atoms with Crippen LogP contribution in [0.25, 0.3) is 0 Å². The Morgan fingerprint density at radius 2 is 2.16 bits per heavy atom. The lowest BCUT2D eigenvalue weighted by molar-refractivity contribution is 0.102. The van der Waals surface area contributed by atoms with Gasteiger partial charge in [-0.2, -0.15) is 0 Å². The van der Waals surface area contributed by atoms with E-state index in [-0.39, 0.29) is 5.91 Å². The Bertz CT molecular complexity index is 594. The molecule has 2 heterocycles. The fourth-order valence-corrected chi connectivity index (χ4v) is 2.27. The van der Waals surface area contributed by atoms with Crippen LogP contribution in [0.2, 0.25) is 0 Å². The minimum Gasteiger partial charge on any atom is -0.397 e. The van der Waals surface area contributed by atoms with E-state index in [1.54, 1.807) is 12.1 Å². The molecule has 19 heavy (non-hydrogen) atoms. The lowest BCUT2D eigenvalue weighted by Crippen LogP contribution is -2.13. The van der Waals surface area contributed by atoms with Crippen molar-refractivity contribution in [1.29, 1.82) is 0 Å². The van der Waals surface area contributed by atoms with Gasteiger partial charge in [0.2, 0.25) is 0 Å². The van der Waals surface area contributed by atoms with Crippen molar-refractivity contribution in [1.82, 2.24) is 4.98 Å². The predicted octanol–water partition coefficient (Wildman–Crippen LogP) is 2.21. The molecule has 98 valence electrons. The molecule has 1 aliphatic heterocycles. The van der Waals surface area contributed by atoms with Crippen LogP contribution < -0.4 is 16.4 Å². The molecule has 1 aromatic carbocycles. The minimum atomic E-state index is -0.172. The molecule has 0 bridgehead atoms. The summed E-state index contributed by atoms with van der Waals surface area (Å²) in [6, 6.07) is 9.12. The molecule has 0 radical (unpaired) electrons. The first-order valence-corrected chi connectivity index (χ1v) is 6.35. The van der Waals surface area contributed by atoms with Crippen molar-refractivity contribution in [2.24, 2.45) is 0 Å². The summed E-state index contributed by atoms with van der Waals surface area (Å²) < 4.78 is 0. The average molecular weight is 256 g/mol. The molecule has 0 spiro atoms. The monoisotopic (exact) mass is 256 g/mol. The second kappa shape index (κ2) is 4.68. The smallest absolute Gasteiger partial charge is 0.272 e. The number of H-pyrrole nitrogens is 1. The number of benzene rings is 1. The summed E-state index contributed by atoms with van der Waals surface area (Å²) in [4.78, 5) is 15.3. The Morgan fingerprint density at radius 1 is 1.32 bits per heavy atom. The van der Waals surface area contributed by atoms with Crippen molar-refractivity contribution in [2.45, 2.75) is 12.8 Å². The van der Waals surface area contributed by atoms with Gasteiger partial charge in [0.15, 0.2) is 0 Å². The number of carbonyl (C=O) groups is 1. The van der Waals surface area contributed by atoms with Crippen LogP contribution in [0.4, 0.5) is 17.2 Å². The molecule has 5 nitrogen and oxygen atoms in total. The summed E-state index contributed by atoms with van der Waals surface area (Å²) in [5.41, 5.74) is 8.72. The van der Waals surface area contributed by atoms with Crippen LogP contribution in [0.5, 0.6) is 0 Å². The number of amides is 1. The topological polar surface area (TPSA) is 82.9 Å². The molecule has 1 amide bonds. The Balaban J connectivity index is 1.81. The fraction of sp³-hybridized carbons (Fsp3) is 0.214. The van der Waals surface area contributed by atoms with Gasteiger partial charge in [-0.1, -0.05) is 12.1 Å². The van der Waals surface area contributed by atoms with Gasteiger partial charge in [0.25, 0.3) is 5.91 Å². The number of aryl methyl sites for hydroxylation is 1. The number of nitrogen functional groups attached to an aromatic ring is 1. The highest BCUT2D eigenvalue weighted by molar-refractivity contribution is 6.05. The van der Waals surface area contributed by atoms with Crippen LogP contribution in [-0.2, 0) is 6.42 Å². The maximum absolute atomic E-state index is 12.2. The van der Waals surface area contributed by atoms with Crippen LogP contribution in [-0.4, -0.2) is 17.4 Å². The van der Waals surface area contributed by atoms with Gasteiger partial charge in [-0.05, 0) is 36.6 Å². The molecule has 0 atom stereocenters. The van der Waals surface area contributed by atoms with Crippen molar-refractivity contribution in [3.05, 3.63) is 41.6 Å². The van der Waals surface area contributed by atoms with Crippen molar-refractivity contribution in [3.63, 3.8) is 0 Å². The Hall–Kier alpha value is -2.43. The number of hydrogen-bond acceptors (Lipinski definition) is 3. The van der Waals surface area contributed by atoms with E-state index < -0.39 is 0 Å².